The third-order valence-electron chi connectivity index (χ3n) is 3.52. The molecule has 94 valence electrons. The van der Waals surface area contributed by atoms with Crippen molar-refractivity contribution in [3.8, 4) is 0 Å². The molecule has 2 rings (SSSR count). The number of pyridine rings is 1. The standard InChI is InChI=1S/C13H20N2O2/c1-10-11(9-16)3-4-12(14-10)15-7-5-13(2,17)6-8-15/h3-4,16-17H,5-9H2,1-2H3. The van der Waals surface area contributed by atoms with Gasteiger partial charge in [-0.2, -0.15) is 0 Å². The molecular weight excluding hydrogens is 216 g/mol. The number of aliphatic hydroxyl groups excluding tert-OH is 1. The Morgan fingerprint density at radius 1 is 1.35 bits per heavy atom. The Morgan fingerprint density at radius 3 is 2.53 bits per heavy atom. The third-order valence-corrected chi connectivity index (χ3v) is 3.52. The van der Waals surface area contributed by atoms with Gasteiger partial charge >= 0.3 is 0 Å². The summed E-state index contributed by atoms with van der Waals surface area (Å²) < 4.78 is 0. The normalized spacial score (nSPS) is 19.4. The van der Waals surface area contributed by atoms with Crippen LogP contribution in [0.3, 0.4) is 0 Å². The largest absolute Gasteiger partial charge is 0.392 e. The van der Waals surface area contributed by atoms with E-state index in [4.69, 9.17) is 5.11 Å². The summed E-state index contributed by atoms with van der Waals surface area (Å²) in [6.07, 6.45) is 1.55. The fourth-order valence-electron chi connectivity index (χ4n) is 2.14. The second-order valence-corrected chi connectivity index (χ2v) is 5.06. The van der Waals surface area contributed by atoms with Crippen LogP contribution in [0.2, 0.25) is 0 Å². The molecule has 1 aliphatic rings. The van der Waals surface area contributed by atoms with Crippen LogP contribution in [0.1, 0.15) is 31.0 Å². The van der Waals surface area contributed by atoms with Crippen LogP contribution in [0, 0.1) is 6.92 Å². The summed E-state index contributed by atoms with van der Waals surface area (Å²) >= 11 is 0. The van der Waals surface area contributed by atoms with Crippen molar-refractivity contribution in [1.29, 1.82) is 0 Å². The van der Waals surface area contributed by atoms with Gasteiger partial charge in [0, 0.05) is 18.8 Å². The molecule has 2 heterocycles. The maximum absolute atomic E-state index is 9.90. The van der Waals surface area contributed by atoms with E-state index in [1.54, 1.807) is 0 Å². The number of hydrogen-bond donors (Lipinski definition) is 2. The van der Waals surface area contributed by atoms with Gasteiger partial charge in [0.05, 0.1) is 12.2 Å². The lowest BCUT2D eigenvalue weighted by Crippen LogP contribution is -2.42. The van der Waals surface area contributed by atoms with Gasteiger partial charge in [-0.15, -0.1) is 0 Å². The van der Waals surface area contributed by atoms with E-state index in [9.17, 15) is 5.11 Å². The summed E-state index contributed by atoms with van der Waals surface area (Å²) in [4.78, 5) is 6.69. The van der Waals surface area contributed by atoms with Gasteiger partial charge in [-0.3, -0.25) is 0 Å². The van der Waals surface area contributed by atoms with E-state index >= 15 is 0 Å². The molecule has 4 heteroatoms. The summed E-state index contributed by atoms with van der Waals surface area (Å²) in [6, 6.07) is 3.86. The Hall–Kier alpha value is -1.13. The van der Waals surface area contributed by atoms with Crippen LogP contribution in [-0.2, 0) is 6.61 Å². The van der Waals surface area contributed by atoms with Crippen molar-refractivity contribution >= 4 is 5.82 Å². The van der Waals surface area contributed by atoms with Crippen LogP contribution in [0.25, 0.3) is 0 Å². The first-order valence-electron chi connectivity index (χ1n) is 6.06. The Bertz CT molecular complexity index is 394. The van der Waals surface area contributed by atoms with Crippen molar-refractivity contribution in [2.75, 3.05) is 18.0 Å². The average Bonchev–Trinajstić information content (AvgIpc) is 2.29. The fourth-order valence-corrected chi connectivity index (χ4v) is 2.14. The molecule has 1 saturated heterocycles. The van der Waals surface area contributed by atoms with Crippen molar-refractivity contribution in [3.63, 3.8) is 0 Å². The predicted molar refractivity (Wildman–Crippen MR) is 67.0 cm³/mol. The molecule has 0 bridgehead atoms. The highest BCUT2D eigenvalue weighted by Gasteiger charge is 2.27. The SMILES string of the molecule is Cc1nc(N2CCC(C)(O)CC2)ccc1CO. The molecule has 0 saturated carbocycles. The van der Waals surface area contributed by atoms with Crippen molar-refractivity contribution < 1.29 is 10.2 Å². The van der Waals surface area contributed by atoms with Crippen LogP contribution in [0.4, 0.5) is 5.82 Å². The first-order chi connectivity index (χ1) is 8.02. The second kappa shape index (κ2) is 4.63. The van der Waals surface area contributed by atoms with E-state index in [2.05, 4.69) is 9.88 Å². The monoisotopic (exact) mass is 236 g/mol. The molecule has 1 aromatic heterocycles. The van der Waals surface area contributed by atoms with E-state index in [0.717, 1.165) is 43.0 Å². The van der Waals surface area contributed by atoms with Crippen LogP contribution >= 0.6 is 0 Å². The molecule has 2 N–H and O–H groups in total. The predicted octanol–water partition coefficient (Wildman–Crippen LogP) is 1.23. The lowest BCUT2D eigenvalue weighted by Gasteiger charge is -2.36. The third kappa shape index (κ3) is 2.76. The number of aryl methyl sites for hydroxylation is 1. The van der Waals surface area contributed by atoms with Gasteiger partial charge in [-0.05, 0) is 38.3 Å². The van der Waals surface area contributed by atoms with Crippen molar-refractivity contribution in [2.45, 2.75) is 38.9 Å². The number of nitrogens with zero attached hydrogens (tertiary/aromatic N) is 2. The highest BCUT2D eigenvalue weighted by Crippen LogP contribution is 2.25. The fraction of sp³-hybridized carbons (Fsp3) is 0.615. The minimum atomic E-state index is -0.531. The zero-order valence-corrected chi connectivity index (χ0v) is 10.5. The van der Waals surface area contributed by atoms with Gasteiger partial charge in [-0.1, -0.05) is 6.07 Å². The van der Waals surface area contributed by atoms with Gasteiger partial charge < -0.3 is 15.1 Å². The van der Waals surface area contributed by atoms with Crippen LogP contribution in [0.15, 0.2) is 12.1 Å². The number of aromatic nitrogens is 1. The summed E-state index contributed by atoms with van der Waals surface area (Å²) in [5, 5.41) is 19.0. The molecule has 0 aliphatic carbocycles. The lowest BCUT2D eigenvalue weighted by molar-refractivity contribution is 0.0350. The maximum atomic E-state index is 9.90. The smallest absolute Gasteiger partial charge is 0.128 e. The maximum Gasteiger partial charge on any atom is 0.128 e. The number of hydrogen-bond acceptors (Lipinski definition) is 4. The second-order valence-electron chi connectivity index (χ2n) is 5.06. The summed E-state index contributed by atoms with van der Waals surface area (Å²) in [5.41, 5.74) is 1.22. The molecule has 0 radical (unpaired) electrons. The van der Waals surface area contributed by atoms with Gasteiger partial charge in [-0.25, -0.2) is 4.98 Å². The average molecular weight is 236 g/mol. The quantitative estimate of drug-likeness (QED) is 0.811. The topological polar surface area (TPSA) is 56.6 Å². The minimum absolute atomic E-state index is 0.0355. The van der Waals surface area contributed by atoms with Gasteiger partial charge in [0.15, 0.2) is 0 Å². The van der Waals surface area contributed by atoms with Crippen molar-refractivity contribution in [3.05, 3.63) is 23.4 Å². The molecule has 1 fully saturated rings. The molecule has 0 spiro atoms. The number of rotatable bonds is 2. The van der Waals surface area contributed by atoms with Crippen molar-refractivity contribution in [2.24, 2.45) is 0 Å². The molecule has 0 atom stereocenters. The Labute approximate surface area is 102 Å². The van der Waals surface area contributed by atoms with E-state index in [1.807, 2.05) is 26.0 Å². The summed E-state index contributed by atoms with van der Waals surface area (Å²) in [6.45, 7) is 5.50. The molecule has 1 aliphatic heterocycles. The Morgan fingerprint density at radius 2 is 2.00 bits per heavy atom. The number of aliphatic hydroxyl groups is 2. The molecule has 0 unspecified atom stereocenters. The molecule has 17 heavy (non-hydrogen) atoms. The number of anilines is 1. The summed E-state index contributed by atoms with van der Waals surface area (Å²) in [7, 11) is 0. The van der Waals surface area contributed by atoms with E-state index in [1.165, 1.54) is 0 Å². The van der Waals surface area contributed by atoms with Gasteiger partial charge in [0.25, 0.3) is 0 Å². The number of piperidine rings is 1. The first-order valence-corrected chi connectivity index (χ1v) is 6.06. The zero-order valence-electron chi connectivity index (χ0n) is 10.5. The molecule has 4 nitrogen and oxygen atoms in total. The Balaban J connectivity index is 2.11. The summed E-state index contributed by atoms with van der Waals surface area (Å²) in [5.74, 6) is 0.940. The van der Waals surface area contributed by atoms with Crippen LogP contribution < -0.4 is 4.90 Å². The van der Waals surface area contributed by atoms with E-state index < -0.39 is 5.60 Å². The molecule has 0 aromatic carbocycles. The lowest BCUT2D eigenvalue weighted by atomic mass is 9.94. The molecule has 0 amide bonds. The van der Waals surface area contributed by atoms with Crippen LogP contribution in [-0.4, -0.2) is 33.9 Å². The Kier molecular flexibility index (Phi) is 3.35. The highest BCUT2D eigenvalue weighted by atomic mass is 16.3. The van der Waals surface area contributed by atoms with Gasteiger partial charge in [0.2, 0.25) is 0 Å². The minimum Gasteiger partial charge on any atom is -0.392 e. The zero-order chi connectivity index (χ0) is 12.5. The molecular formula is C13H20N2O2. The van der Waals surface area contributed by atoms with E-state index in [-0.39, 0.29) is 6.61 Å². The van der Waals surface area contributed by atoms with Crippen molar-refractivity contribution in [1.82, 2.24) is 4.98 Å². The molecule has 1 aromatic rings. The first kappa shape index (κ1) is 12.3. The van der Waals surface area contributed by atoms with Gasteiger partial charge in [0.1, 0.15) is 5.82 Å². The van der Waals surface area contributed by atoms with Crippen LogP contribution in [0.5, 0.6) is 0 Å². The van der Waals surface area contributed by atoms with E-state index in [0.29, 0.717) is 0 Å². The highest BCUT2D eigenvalue weighted by molar-refractivity contribution is 5.42.